The van der Waals surface area contributed by atoms with Gasteiger partial charge in [-0.15, -0.1) is 6.58 Å². The molecule has 0 saturated heterocycles. The summed E-state index contributed by atoms with van der Waals surface area (Å²) >= 11 is 0. The summed E-state index contributed by atoms with van der Waals surface area (Å²) in [4.78, 5) is 2.57. The van der Waals surface area contributed by atoms with Crippen molar-refractivity contribution in [1.82, 2.24) is 4.90 Å². The van der Waals surface area contributed by atoms with Gasteiger partial charge in [0.15, 0.2) is 0 Å². The molecule has 0 fully saturated rings. The lowest BCUT2D eigenvalue weighted by Crippen LogP contribution is -2.26. The first-order valence-corrected chi connectivity index (χ1v) is 6.54. The van der Waals surface area contributed by atoms with Crippen LogP contribution in [0.3, 0.4) is 0 Å². The number of rotatable bonds is 10. The Labute approximate surface area is 96.6 Å². The Bertz CT molecular complexity index is 140. The van der Waals surface area contributed by atoms with E-state index >= 15 is 0 Å². The quantitative estimate of drug-likeness (QED) is 0.388. The van der Waals surface area contributed by atoms with Crippen molar-refractivity contribution < 1.29 is 0 Å². The van der Waals surface area contributed by atoms with Crippen molar-refractivity contribution in [1.29, 1.82) is 0 Å². The summed E-state index contributed by atoms with van der Waals surface area (Å²) in [5, 5.41) is 0. The van der Waals surface area contributed by atoms with Crippen LogP contribution in [0.4, 0.5) is 0 Å². The third kappa shape index (κ3) is 9.99. The summed E-state index contributed by atoms with van der Waals surface area (Å²) < 4.78 is 0. The van der Waals surface area contributed by atoms with Gasteiger partial charge in [0.25, 0.3) is 0 Å². The van der Waals surface area contributed by atoms with Gasteiger partial charge in [-0.05, 0) is 38.3 Å². The molecule has 0 saturated carbocycles. The number of hydrogen-bond donors (Lipinski definition) is 0. The highest BCUT2D eigenvalue weighted by Crippen LogP contribution is 2.07. The zero-order chi connectivity index (χ0) is 11.5. The molecule has 90 valence electrons. The maximum atomic E-state index is 3.79. The van der Waals surface area contributed by atoms with Crippen LogP contribution in [0.1, 0.15) is 52.9 Å². The summed E-state index contributed by atoms with van der Waals surface area (Å²) in [7, 11) is 0. The van der Waals surface area contributed by atoms with Crippen molar-refractivity contribution in [3.63, 3.8) is 0 Å². The first kappa shape index (κ1) is 14.7. The average Bonchev–Trinajstić information content (AvgIpc) is 2.20. The first-order valence-electron chi connectivity index (χ1n) is 6.54. The van der Waals surface area contributed by atoms with E-state index in [1.165, 1.54) is 45.3 Å². The van der Waals surface area contributed by atoms with E-state index in [1.807, 2.05) is 6.08 Å². The Hall–Kier alpha value is -0.300. The molecule has 0 N–H and O–H groups in total. The predicted octanol–water partition coefficient (Wildman–Crippen LogP) is 4.10. The first-order chi connectivity index (χ1) is 7.20. The smallest absolute Gasteiger partial charge is 0.00158 e. The fourth-order valence-electron chi connectivity index (χ4n) is 1.81. The maximum absolute atomic E-state index is 3.79. The van der Waals surface area contributed by atoms with E-state index in [1.54, 1.807) is 0 Å². The molecule has 1 nitrogen and oxygen atoms in total. The molecule has 0 bridgehead atoms. The molecule has 0 amide bonds. The fraction of sp³-hybridized carbons (Fsp3) is 0.857. The van der Waals surface area contributed by atoms with E-state index in [0.29, 0.717) is 0 Å². The monoisotopic (exact) mass is 211 g/mol. The van der Waals surface area contributed by atoms with Crippen LogP contribution in [0.15, 0.2) is 12.7 Å². The highest BCUT2D eigenvalue weighted by atomic mass is 15.1. The normalized spacial score (nSPS) is 11.3. The second-order valence-electron chi connectivity index (χ2n) is 4.81. The van der Waals surface area contributed by atoms with Crippen molar-refractivity contribution >= 4 is 0 Å². The Balaban J connectivity index is 3.51. The van der Waals surface area contributed by atoms with Crippen molar-refractivity contribution in [2.45, 2.75) is 52.9 Å². The van der Waals surface area contributed by atoms with E-state index in [2.05, 4.69) is 32.3 Å². The summed E-state index contributed by atoms with van der Waals surface area (Å²) in [6.07, 6.45) is 8.53. The molecule has 0 aromatic carbocycles. The van der Waals surface area contributed by atoms with Gasteiger partial charge < -0.3 is 4.90 Å². The summed E-state index contributed by atoms with van der Waals surface area (Å²) in [6, 6.07) is 0. The molecule has 0 aliphatic rings. The molecule has 0 aliphatic carbocycles. The van der Waals surface area contributed by atoms with Crippen LogP contribution in [-0.2, 0) is 0 Å². The average molecular weight is 211 g/mol. The van der Waals surface area contributed by atoms with Crippen LogP contribution in [-0.4, -0.2) is 24.5 Å². The Morgan fingerprint density at radius 1 is 1.13 bits per heavy atom. The minimum atomic E-state index is 0.859. The molecule has 0 aromatic heterocycles. The fourth-order valence-corrected chi connectivity index (χ4v) is 1.81. The standard InChI is InChI=1S/C14H29N/c1-5-7-12-15(11-6-2)13-9-8-10-14(3)4/h5,14H,1,6-13H2,2-4H3. The molecule has 0 aromatic rings. The zero-order valence-electron chi connectivity index (χ0n) is 11.0. The molecule has 15 heavy (non-hydrogen) atoms. The van der Waals surface area contributed by atoms with Crippen LogP contribution in [0.2, 0.25) is 0 Å². The van der Waals surface area contributed by atoms with Gasteiger partial charge in [-0.2, -0.15) is 0 Å². The molecule has 0 heterocycles. The van der Waals surface area contributed by atoms with Crippen LogP contribution in [0.5, 0.6) is 0 Å². The minimum Gasteiger partial charge on any atom is -0.303 e. The van der Waals surface area contributed by atoms with Gasteiger partial charge in [0.2, 0.25) is 0 Å². The van der Waals surface area contributed by atoms with Gasteiger partial charge in [0.1, 0.15) is 0 Å². The lowest BCUT2D eigenvalue weighted by Gasteiger charge is -2.20. The van der Waals surface area contributed by atoms with Crippen molar-refractivity contribution in [3.8, 4) is 0 Å². The molecule has 1 heteroatoms. The summed E-state index contributed by atoms with van der Waals surface area (Å²) in [5.74, 6) is 0.859. The van der Waals surface area contributed by atoms with Gasteiger partial charge in [0.05, 0.1) is 0 Å². The summed E-state index contributed by atoms with van der Waals surface area (Å²) in [5.41, 5.74) is 0. The Kier molecular flexibility index (Phi) is 10.0. The van der Waals surface area contributed by atoms with Gasteiger partial charge in [-0.3, -0.25) is 0 Å². The Morgan fingerprint density at radius 3 is 2.40 bits per heavy atom. The van der Waals surface area contributed by atoms with Crippen LogP contribution < -0.4 is 0 Å². The molecule has 0 spiro atoms. The second-order valence-corrected chi connectivity index (χ2v) is 4.81. The van der Waals surface area contributed by atoms with Crippen LogP contribution >= 0.6 is 0 Å². The van der Waals surface area contributed by atoms with E-state index in [4.69, 9.17) is 0 Å². The topological polar surface area (TPSA) is 3.24 Å². The van der Waals surface area contributed by atoms with Crippen LogP contribution in [0.25, 0.3) is 0 Å². The Morgan fingerprint density at radius 2 is 1.87 bits per heavy atom. The van der Waals surface area contributed by atoms with E-state index in [-0.39, 0.29) is 0 Å². The molecule has 0 aliphatic heterocycles. The third-order valence-electron chi connectivity index (χ3n) is 2.70. The number of unbranched alkanes of at least 4 members (excludes halogenated alkanes) is 1. The lowest BCUT2D eigenvalue weighted by atomic mass is 10.1. The van der Waals surface area contributed by atoms with Crippen molar-refractivity contribution in [2.75, 3.05) is 19.6 Å². The lowest BCUT2D eigenvalue weighted by molar-refractivity contribution is 0.270. The molecule has 0 unspecified atom stereocenters. The summed E-state index contributed by atoms with van der Waals surface area (Å²) in [6.45, 7) is 14.4. The zero-order valence-corrected chi connectivity index (χ0v) is 11.0. The van der Waals surface area contributed by atoms with E-state index in [9.17, 15) is 0 Å². The van der Waals surface area contributed by atoms with Crippen molar-refractivity contribution in [3.05, 3.63) is 12.7 Å². The third-order valence-corrected chi connectivity index (χ3v) is 2.70. The molecular formula is C14H29N. The van der Waals surface area contributed by atoms with Gasteiger partial charge in [0, 0.05) is 6.54 Å². The maximum Gasteiger partial charge on any atom is 0.00158 e. The van der Waals surface area contributed by atoms with Crippen molar-refractivity contribution in [2.24, 2.45) is 5.92 Å². The van der Waals surface area contributed by atoms with Gasteiger partial charge in [-0.25, -0.2) is 0 Å². The largest absolute Gasteiger partial charge is 0.303 e. The number of hydrogen-bond acceptors (Lipinski definition) is 1. The highest BCUT2D eigenvalue weighted by molar-refractivity contribution is 4.69. The SMILES string of the molecule is C=CCCN(CCC)CCCCC(C)C. The van der Waals surface area contributed by atoms with E-state index < -0.39 is 0 Å². The predicted molar refractivity (Wildman–Crippen MR) is 70.2 cm³/mol. The minimum absolute atomic E-state index is 0.859. The highest BCUT2D eigenvalue weighted by Gasteiger charge is 2.02. The number of nitrogens with zero attached hydrogens (tertiary/aromatic N) is 1. The molecule has 0 atom stereocenters. The molecule has 0 radical (unpaired) electrons. The van der Waals surface area contributed by atoms with Crippen LogP contribution in [0, 0.1) is 5.92 Å². The molecule has 0 rings (SSSR count). The van der Waals surface area contributed by atoms with Gasteiger partial charge >= 0.3 is 0 Å². The molecular weight excluding hydrogens is 182 g/mol. The van der Waals surface area contributed by atoms with E-state index in [0.717, 1.165) is 12.3 Å². The second kappa shape index (κ2) is 10.2. The van der Waals surface area contributed by atoms with Gasteiger partial charge in [-0.1, -0.05) is 39.7 Å².